The van der Waals surface area contributed by atoms with E-state index in [0.29, 0.717) is 23.3 Å². The Morgan fingerprint density at radius 2 is 1.63 bits per heavy atom. The normalized spacial score (nSPS) is 15.0. The molecule has 0 saturated carbocycles. The SMILES string of the molecule is CCN(CC)c1ccc2cc(/C=C/C3=[N+](CCCCCC(=O)Oc4cccc(CCN5CCN(c6ccccc6OC)CC5)c4)c4ccccc4C3(C)C)c(=O)oc2c1.[Br-]. The van der Waals surface area contributed by atoms with Crippen LogP contribution in [0.5, 0.6) is 11.5 Å². The lowest BCUT2D eigenvalue weighted by Gasteiger charge is -2.36. The zero-order valence-electron chi connectivity index (χ0n) is 35.8. The van der Waals surface area contributed by atoms with Crippen LogP contribution in [0, 0.1) is 0 Å². The Bertz CT molecular complexity index is 2370. The first-order valence-electron chi connectivity index (χ1n) is 21.3. The minimum atomic E-state index is -0.347. The fourth-order valence-electron chi connectivity index (χ4n) is 8.62. The van der Waals surface area contributed by atoms with Crippen LogP contribution >= 0.6 is 0 Å². The van der Waals surface area contributed by atoms with Crippen LogP contribution in [0.2, 0.25) is 0 Å². The molecule has 1 aromatic heterocycles. The van der Waals surface area contributed by atoms with Crippen LogP contribution in [0.1, 0.15) is 70.1 Å². The second-order valence-corrected chi connectivity index (χ2v) is 16.1. The highest BCUT2D eigenvalue weighted by Gasteiger charge is 2.43. The quantitative estimate of drug-likeness (QED) is 0.0356. The molecule has 1 saturated heterocycles. The molecular formula is C50H59BrN4O5. The molecule has 316 valence electrons. The molecule has 1 fully saturated rings. The number of para-hydroxylation sites is 3. The Kier molecular flexibility index (Phi) is 15.1. The number of allylic oxidation sites excluding steroid dienone is 1. The fourth-order valence-corrected chi connectivity index (χ4v) is 8.62. The molecule has 0 unspecified atom stereocenters. The van der Waals surface area contributed by atoms with E-state index in [0.717, 1.165) is 106 Å². The van der Waals surface area contributed by atoms with E-state index < -0.39 is 0 Å². The number of rotatable bonds is 17. The van der Waals surface area contributed by atoms with E-state index in [4.69, 9.17) is 13.9 Å². The van der Waals surface area contributed by atoms with Crippen molar-refractivity contribution in [3.8, 4) is 11.5 Å². The molecule has 3 heterocycles. The number of anilines is 2. The van der Waals surface area contributed by atoms with E-state index in [2.05, 4.69) is 102 Å². The average molecular weight is 876 g/mol. The van der Waals surface area contributed by atoms with Gasteiger partial charge in [0.25, 0.3) is 0 Å². The summed E-state index contributed by atoms with van der Waals surface area (Å²) >= 11 is 0. The summed E-state index contributed by atoms with van der Waals surface area (Å²) in [6, 6.07) is 32.7. The fraction of sp³-hybridized carbons (Fsp3) is 0.380. The van der Waals surface area contributed by atoms with Crippen molar-refractivity contribution < 1.29 is 40.2 Å². The van der Waals surface area contributed by atoms with Gasteiger partial charge >= 0.3 is 11.6 Å². The number of esters is 1. The van der Waals surface area contributed by atoms with Gasteiger partial charge in [-0.05, 0) is 101 Å². The first-order valence-corrected chi connectivity index (χ1v) is 21.3. The average Bonchev–Trinajstić information content (AvgIpc) is 3.47. The molecule has 7 rings (SSSR count). The molecule has 0 amide bonds. The lowest BCUT2D eigenvalue weighted by atomic mass is 9.81. The lowest BCUT2D eigenvalue weighted by molar-refractivity contribution is -0.438. The molecule has 0 N–H and O–H groups in total. The van der Waals surface area contributed by atoms with E-state index in [1.54, 1.807) is 7.11 Å². The molecule has 0 radical (unpaired) electrons. The van der Waals surface area contributed by atoms with Crippen LogP contribution in [0.25, 0.3) is 17.0 Å². The van der Waals surface area contributed by atoms with E-state index in [1.807, 2.05) is 54.6 Å². The van der Waals surface area contributed by atoms with Gasteiger partial charge in [-0.1, -0.05) is 42.5 Å². The summed E-state index contributed by atoms with van der Waals surface area (Å²) in [5, 5.41) is 0.897. The van der Waals surface area contributed by atoms with E-state index in [-0.39, 0.29) is 34.0 Å². The molecule has 2 aliphatic heterocycles. The van der Waals surface area contributed by atoms with Crippen molar-refractivity contribution in [2.75, 3.05) is 69.3 Å². The summed E-state index contributed by atoms with van der Waals surface area (Å²) in [4.78, 5) is 33.3. The molecule has 5 aromatic rings. The first-order chi connectivity index (χ1) is 28.7. The molecule has 0 spiro atoms. The number of nitrogens with zero attached hydrogens (tertiary/aromatic N) is 4. The van der Waals surface area contributed by atoms with Crippen molar-refractivity contribution in [2.45, 2.75) is 65.2 Å². The van der Waals surface area contributed by atoms with Crippen LogP contribution in [0.3, 0.4) is 0 Å². The summed E-state index contributed by atoms with van der Waals surface area (Å²) < 4.78 is 19.6. The second kappa shape index (κ2) is 20.4. The van der Waals surface area contributed by atoms with Gasteiger partial charge in [0.1, 0.15) is 23.6 Å². The van der Waals surface area contributed by atoms with Crippen molar-refractivity contribution >= 4 is 45.8 Å². The predicted molar refractivity (Wildman–Crippen MR) is 240 cm³/mol. The molecule has 0 atom stereocenters. The largest absolute Gasteiger partial charge is 1.00 e. The van der Waals surface area contributed by atoms with Crippen LogP contribution in [-0.4, -0.2) is 80.6 Å². The summed E-state index contributed by atoms with van der Waals surface area (Å²) in [5.74, 6) is 1.33. The minimum Gasteiger partial charge on any atom is -1.00 e. The minimum absolute atomic E-state index is 0. The standard InChI is InChI=1S/C50H59N4O5.BrH/c1-6-52(7-2)40-25-23-38-35-39(49(56)59-46(38)36-40)24-26-47-50(3,4)42-18-10-11-19-43(42)54(47)28-14-8-9-22-48(55)58-41-17-15-16-37(34-41)27-29-51-30-32-53(33-31-51)44-20-12-13-21-45(44)57-5;/h10-13,15-21,23-26,34-36H,6-9,14,22,27-33H2,1-5H3;1H/q+1;/p-1. The highest BCUT2D eigenvalue weighted by Crippen LogP contribution is 2.40. The third kappa shape index (κ3) is 10.2. The monoisotopic (exact) mass is 874 g/mol. The van der Waals surface area contributed by atoms with Gasteiger partial charge in [0, 0.05) is 93.5 Å². The van der Waals surface area contributed by atoms with Crippen molar-refractivity contribution in [3.63, 3.8) is 0 Å². The summed E-state index contributed by atoms with van der Waals surface area (Å²) in [5.41, 5.74) is 7.45. The zero-order valence-corrected chi connectivity index (χ0v) is 37.4. The van der Waals surface area contributed by atoms with Crippen LogP contribution in [0.4, 0.5) is 17.1 Å². The van der Waals surface area contributed by atoms with Gasteiger partial charge in [-0.15, -0.1) is 0 Å². The molecule has 0 aliphatic carbocycles. The first kappa shape index (κ1) is 44.4. The molecule has 9 nitrogen and oxygen atoms in total. The van der Waals surface area contributed by atoms with Gasteiger partial charge in [-0.3, -0.25) is 9.69 Å². The third-order valence-corrected chi connectivity index (χ3v) is 12.0. The molecule has 0 bridgehead atoms. The smallest absolute Gasteiger partial charge is 0.343 e. The van der Waals surface area contributed by atoms with E-state index in [1.165, 1.54) is 16.8 Å². The van der Waals surface area contributed by atoms with Crippen molar-refractivity contribution in [2.24, 2.45) is 0 Å². The van der Waals surface area contributed by atoms with Crippen LogP contribution in [0.15, 0.2) is 112 Å². The molecule has 60 heavy (non-hydrogen) atoms. The van der Waals surface area contributed by atoms with Crippen molar-refractivity contribution in [1.82, 2.24) is 4.90 Å². The molecule has 10 heteroatoms. The maximum absolute atomic E-state index is 13.2. The van der Waals surface area contributed by atoms with Gasteiger partial charge < -0.3 is 40.7 Å². The number of halogens is 1. The molecule has 2 aliphatic rings. The molecule has 4 aromatic carbocycles. The van der Waals surface area contributed by atoms with Gasteiger partial charge in [-0.2, -0.15) is 4.58 Å². The van der Waals surface area contributed by atoms with Gasteiger partial charge in [0.2, 0.25) is 5.69 Å². The third-order valence-electron chi connectivity index (χ3n) is 12.0. The number of benzene rings is 4. The van der Waals surface area contributed by atoms with Gasteiger partial charge in [-0.25, -0.2) is 4.79 Å². The maximum atomic E-state index is 13.2. The number of methoxy groups -OCH3 is 1. The number of hydrogen-bond acceptors (Lipinski definition) is 8. The lowest BCUT2D eigenvalue weighted by Crippen LogP contribution is -3.00. The van der Waals surface area contributed by atoms with Gasteiger partial charge in [0.15, 0.2) is 5.71 Å². The van der Waals surface area contributed by atoms with Gasteiger partial charge in [0.05, 0.1) is 23.8 Å². The Morgan fingerprint density at radius 3 is 2.42 bits per heavy atom. The van der Waals surface area contributed by atoms with Crippen LogP contribution in [-0.2, 0) is 16.6 Å². The Morgan fingerprint density at radius 1 is 0.867 bits per heavy atom. The maximum Gasteiger partial charge on any atom is 0.343 e. The number of unbranched alkanes of at least 4 members (excludes halogenated alkanes) is 2. The zero-order chi connectivity index (χ0) is 41.4. The summed E-state index contributed by atoms with van der Waals surface area (Å²) in [7, 11) is 1.73. The van der Waals surface area contributed by atoms with E-state index >= 15 is 0 Å². The van der Waals surface area contributed by atoms with Crippen molar-refractivity contribution in [1.29, 1.82) is 0 Å². The van der Waals surface area contributed by atoms with Crippen molar-refractivity contribution in [3.05, 3.63) is 130 Å². The van der Waals surface area contributed by atoms with E-state index in [9.17, 15) is 9.59 Å². The summed E-state index contributed by atoms with van der Waals surface area (Å²) in [6.07, 6.45) is 7.79. The summed E-state index contributed by atoms with van der Waals surface area (Å²) in [6.45, 7) is 16.1. The Hall–Kier alpha value is -5.19. The number of piperazine rings is 1. The Labute approximate surface area is 365 Å². The highest BCUT2D eigenvalue weighted by atomic mass is 79.9. The number of ether oxygens (including phenoxy) is 2. The predicted octanol–water partition coefficient (Wildman–Crippen LogP) is 6.27. The van der Waals surface area contributed by atoms with Crippen LogP contribution < -0.4 is 41.9 Å². The number of hydrogen-bond donors (Lipinski definition) is 0. The number of carbonyl (C=O) groups excluding carboxylic acids is 1. The topological polar surface area (TPSA) is 78.5 Å². The number of carbonyl (C=O) groups is 1. The molecular weight excluding hydrogens is 816 g/mol. The Balaban J connectivity index is 0.00000604. The highest BCUT2D eigenvalue weighted by molar-refractivity contribution is 6.05. The number of fused-ring (bicyclic) bond motifs is 2. The second-order valence-electron chi connectivity index (χ2n) is 16.1.